The van der Waals surface area contributed by atoms with E-state index in [0.717, 1.165) is 42.2 Å². The number of nitrogens with one attached hydrogen (secondary N) is 2. The fourth-order valence-corrected chi connectivity index (χ4v) is 2.35. The van der Waals surface area contributed by atoms with E-state index in [4.69, 9.17) is 0 Å². The van der Waals surface area contributed by atoms with Gasteiger partial charge in [-0.2, -0.15) is 0 Å². The Morgan fingerprint density at radius 1 is 1.30 bits per heavy atom. The van der Waals surface area contributed by atoms with Gasteiger partial charge in [-0.15, -0.1) is 0 Å². The van der Waals surface area contributed by atoms with Crippen molar-refractivity contribution in [3.8, 4) is 5.82 Å². The zero-order chi connectivity index (χ0) is 16.1. The fourth-order valence-electron chi connectivity index (χ4n) is 2.35. The predicted octanol–water partition coefficient (Wildman–Crippen LogP) is 2.04. The van der Waals surface area contributed by atoms with E-state index < -0.39 is 0 Å². The Hall–Kier alpha value is -2.37. The van der Waals surface area contributed by atoms with Gasteiger partial charge in [-0.25, -0.2) is 15.0 Å². The summed E-state index contributed by atoms with van der Waals surface area (Å²) in [5, 5.41) is 6.68. The topological polar surface area (TPSA) is 67.1 Å². The monoisotopic (exact) mass is 312 g/mol. The first-order chi connectivity index (χ1) is 11.3. The molecule has 1 aliphatic rings. The molecule has 3 rings (SSSR count). The van der Waals surface area contributed by atoms with Gasteiger partial charge in [0.25, 0.3) is 0 Å². The second kappa shape index (κ2) is 7.26. The second-order valence-corrected chi connectivity index (χ2v) is 5.89. The summed E-state index contributed by atoms with van der Waals surface area (Å²) < 4.78 is 1.97. The molecule has 2 N–H and O–H groups in total. The third kappa shape index (κ3) is 4.31. The van der Waals surface area contributed by atoms with Crippen molar-refractivity contribution >= 4 is 5.96 Å². The number of aromatic nitrogens is 3. The molecular formula is C17H24N6. The summed E-state index contributed by atoms with van der Waals surface area (Å²) in [6.45, 7) is 6.55. The molecule has 2 aromatic heterocycles. The smallest absolute Gasteiger partial charge is 0.191 e. The van der Waals surface area contributed by atoms with Gasteiger partial charge >= 0.3 is 0 Å². The van der Waals surface area contributed by atoms with Crippen LogP contribution < -0.4 is 10.6 Å². The summed E-state index contributed by atoms with van der Waals surface area (Å²) in [6, 6.07) is 4.07. The molecule has 0 unspecified atom stereocenters. The van der Waals surface area contributed by atoms with Gasteiger partial charge in [0.05, 0.1) is 6.54 Å². The van der Waals surface area contributed by atoms with Gasteiger partial charge in [0.15, 0.2) is 5.96 Å². The Labute approximate surface area is 137 Å². The highest BCUT2D eigenvalue weighted by atomic mass is 15.2. The number of aryl methyl sites for hydroxylation is 1. The van der Waals surface area contributed by atoms with Gasteiger partial charge in [-0.3, -0.25) is 4.57 Å². The summed E-state index contributed by atoms with van der Waals surface area (Å²) in [6.07, 6.45) is 8.25. The van der Waals surface area contributed by atoms with Gasteiger partial charge in [0.1, 0.15) is 11.6 Å². The minimum absolute atomic E-state index is 0.621. The quantitative estimate of drug-likeness (QED) is 0.633. The van der Waals surface area contributed by atoms with Crippen LogP contribution >= 0.6 is 0 Å². The number of pyridine rings is 1. The Morgan fingerprint density at radius 2 is 2.17 bits per heavy atom. The Balaban J connectivity index is 1.61. The normalized spacial score (nSPS) is 14.8. The molecule has 0 aromatic carbocycles. The van der Waals surface area contributed by atoms with Crippen LogP contribution in [0.15, 0.2) is 35.7 Å². The zero-order valence-electron chi connectivity index (χ0n) is 13.8. The van der Waals surface area contributed by atoms with Crippen LogP contribution in [0.5, 0.6) is 0 Å². The largest absolute Gasteiger partial charge is 0.357 e. The molecule has 6 heteroatoms. The molecule has 1 fully saturated rings. The number of rotatable bonds is 6. The van der Waals surface area contributed by atoms with Crippen LogP contribution in [0.2, 0.25) is 0 Å². The number of imidazole rings is 1. The molecule has 1 aliphatic carbocycles. The first-order valence-corrected chi connectivity index (χ1v) is 8.23. The van der Waals surface area contributed by atoms with Crippen LogP contribution in [0.1, 0.15) is 31.2 Å². The number of aliphatic imine (C=N–C) groups is 1. The van der Waals surface area contributed by atoms with Crippen LogP contribution in [0.4, 0.5) is 0 Å². The number of hydrogen-bond acceptors (Lipinski definition) is 3. The van der Waals surface area contributed by atoms with Crippen molar-refractivity contribution in [2.24, 2.45) is 10.9 Å². The number of nitrogens with zero attached hydrogens (tertiary/aromatic N) is 4. The molecule has 23 heavy (non-hydrogen) atoms. The molecule has 122 valence electrons. The zero-order valence-corrected chi connectivity index (χ0v) is 13.8. The van der Waals surface area contributed by atoms with E-state index in [0.29, 0.717) is 6.54 Å². The van der Waals surface area contributed by atoms with E-state index in [2.05, 4.69) is 38.6 Å². The maximum absolute atomic E-state index is 4.63. The Kier molecular flexibility index (Phi) is 4.90. The van der Waals surface area contributed by atoms with Gasteiger partial charge in [0.2, 0.25) is 0 Å². The van der Waals surface area contributed by atoms with Crippen molar-refractivity contribution in [3.63, 3.8) is 0 Å². The molecule has 0 bridgehead atoms. The van der Waals surface area contributed by atoms with Gasteiger partial charge in [-0.1, -0.05) is 6.07 Å². The maximum Gasteiger partial charge on any atom is 0.191 e. The molecule has 6 nitrogen and oxygen atoms in total. The van der Waals surface area contributed by atoms with E-state index >= 15 is 0 Å². The maximum atomic E-state index is 4.63. The van der Waals surface area contributed by atoms with Gasteiger partial charge < -0.3 is 10.6 Å². The summed E-state index contributed by atoms with van der Waals surface area (Å²) in [4.78, 5) is 13.4. The summed E-state index contributed by atoms with van der Waals surface area (Å²) >= 11 is 0. The van der Waals surface area contributed by atoms with Crippen molar-refractivity contribution in [3.05, 3.63) is 42.1 Å². The third-order valence-corrected chi connectivity index (χ3v) is 3.90. The van der Waals surface area contributed by atoms with Crippen molar-refractivity contribution in [2.45, 2.75) is 33.2 Å². The van der Waals surface area contributed by atoms with E-state index in [1.807, 2.05) is 30.0 Å². The Bertz CT molecular complexity index is 654. The van der Waals surface area contributed by atoms with E-state index in [1.165, 1.54) is 12.8 Å². The van der Waals surface area contributed by atoms with Crippen LogP contribution in [0.25, 0.3) is 5.82 Å². The Morgan fingerprint density at radius 3 is 2.78 bits per heavy atom. The molecule has 0 spiro atoms. The molecule has 0 amide bonds. The fraction of sp³-hybridized carbons (Fsp3) is 0.471. The molecule has 0 atom stereocenters. The van der Waals surface area contributed by atoms with Crippen molar-refractivity contribution in [1.29, 1.82) is 0 Å². The standard InChI is InChI=1S/C17H24N6/c1-3-18-17(21-10-14-4-5-14)22-12-15-6-7-16(20-11-15)23-9-8-19-13(23)2/h6-9,11,14H,3-5,10,12H2,1-2H3,(H2,18,21,22). The molecule has 2 aromatic rings. The van der Waals surface area contributed by atoms with Crippen molar-refractivity contribution < 1.29 is 0 Å². The molecule has 2 heterocycles. The van der Waals surface area contributed by atoms with Crippen molar-refractivity contribution in [1.82, 2.24) is 25.2 Å². The lowest BCUT2D eigenvalue weighted by Crippen LogP contribution is -2.38. The average Bonchev–Trinajstić information content (AvgIpc) is 3.30. The minimum Gasteiger partial charge on any atom is -0.357 e. The summed E-state index contributed by atoms with van der Waals surface area (Å²) in [5.74, 6) is 3.53. The van der Waals surface area contributed by atoms with Crippen molar-refractivity contribution in [2.75, 3.05) is 13.1 Å². The van der Waals surface area contributed by atoms with Crippen LogP contribution in [0, 0.1) is 12.8 Å². The van der Waals surface area contributed by atoms with Gasteiger partial charge in [-0.05, 0) is 44.2 Å². The van der Waals surface area contributed by atoms with Crippen LogP contribution in [-0.4, -0.2) is 33.6 Å². The highest BCUT2D eigenvalue weighted by Gasteiger charge is 2.20. The summed E-state index contributed by atoms with van der Waals surface area (Å²) in [5.41, 5.74) is 1.09. The lowest BCUT2D eigenvalue weighted by molar-refractivity contribution is 0.739. The van der Waals surface area contributed by atoms with Gasteiger partial charge in [0, 0.05) is 31.7 Å². The second-order valence-electron chi connectivity index (χ2n) is 5.89. The average molecular weight is 312 g/mol. The highest BCUT2D eigenvalue weighted by Crippen LogP contribution is 2.27. The van der Waals surface area contributed by atoms with E-state index in [1.54, 1.807) is 6.20 Å². The van der Waals surface area contributed by atoms with Crippen LogP contribution in [-0.2, 0) is 6.54 Å². The number of hydrogen-bond donors (Lipinski definition) is 2. The summed E-state index contributed by atoms with van der Waals surface area (Å²) in [7, 11) is 0. The molecule has 1 saturated carbocycles. The lowest BCUT2D eigenvalue weighted by Gasteiger charge is -2.10. The first-order valence-electron chi connectivity index (χ1n) is 8.23. The number of guanidine groups is 1. The SMILES string of the molecule is CCNC(=NCc1ccc(-n2ccnc2C)nc1)NCC1CC1. The molecular weight excluding hydrogens is 288 g/mol. The third-order valence-electron chi connectivity index (χ3n) is 3.90. The van der Waals surface area contributed by atoms with E-state index in [9.17, 15) is 0 Å². The molecule has 0 radical (unpaired) electrons. The molecule has 0 aliphatic heterocycles. The lowest BCUT2D eigenvalue weighted by atomic mass is 10.3. The van der Waals surface area contributed by atoms with Crippen LogP contribution in [0.3, 0.4) is 0 Å². The molecule has 0 saturated heterocycles. The minimum atomic E-state index is 0.621. The van der Waals surface area contributed by atoms with E-state index in [-0.39, 0.29) is 0 Å². The first kappa shape index (κ1) is 15.5. The predicted molar refractivity (Wildman–Crippen MR) is 91.6 cm³/mol. The highest BCUT2D eigenvalue weighted by molar-refractivity contribution is 5.79.